The number of nitrogens with one attached hydrogen (secondary N) is 1. The highest BCUT2D eigenvalue weighted by atomic mass is 16.5. The van der Waals surface area contributed by atoms with Gasteiger partial charge in [-0.1, -0.05) is 48.5 Å². The molecule has 35 heavy (non-hydrogen) atoms. The smallest absolute Gasteiger partial charge is 0.318 e. The molecule has 3 aromatic rings. The molecule has 3 aromatic carbocycles. The number of hydrogen-bond donors (Lipinski definition) is 1. The summed E-state index contributed by atoms with van der Waals surface area (Å²) in [5, 5.41) is 5.49. The standard InChI is InChI=1S/C28H35N3O4/c1-21(23-11-12-26(33-2)27(19-23)34-3)31(14-13-30-15-17-35-18-16-30)28(32)29-20-24-9-6-8-22-7-4-5-10-25(22)24/h4-12,19,21H,13-18,20H2,1-3H3,(H,29,32). The minimum atomic E-state index is -0.150. The van der Waals surface area contributed by atoms with Crippen LogP contribution >= 0.6 is 0 Å². The number of morpholine rings is 1. The maximum atomic E-state index is 13.5. The van der Waals surface area contributed by atoms with Crippen LogP contribution in [0.1, 0.15) is 24.1 Å². The summed E-state index contributed by atoms with van der Waals surface area (Å²) in [5.41, 5.74) is 2.09. The molecule has 2 amide bonds. The Morgan fingerprint density at radius 2 is 1.77 bits per heavy atom. The summed E-state index contributed by atoms with van der Waals surface area (Å²) in [5.74, 6) is 1.32. The Morgan fingerprint density at radius 1 is 1.03 bits per heavy atom. The average molecular weight is 478 g/mol. The fourth-order valence-electron chi connectivity index (χ4n) is 4.56. The van der Waals surface area contributed by atoms with Gasteiger partial charge in [0.1, 0.15) is 0 Å². The lowest BCUT2D eigenvalue weighted by Gasteiger charge is -2.33. The zero-order chi connectivity index (χ0) is 24.6. The van der Waals surface area contributed by atoms with Gasteiger partial charge in [0.25, 0.3) is 0 Å². The van der Waals surface area contributed by atoms with Crippen molar-refractivity contribution >= 4 is 16.8 Å². The van der Waals surface area contributed by atoms with E-state index in [0.717, 1.165) is 49.4 Å². The largest absolute Gasteiger partial charge is 0.493 e. The Bertz CT molecular complexity index is 1120. The maximum Gasteiger partial charge on any atom is 0.318 e. The van der Waals surface area contributed by atoms with Crippen LogP contribution in [0.2, 0.25) is 0 Å². The highest BCUT2D eigenvalue weighted by Crippen LogP contribution is 2.32. The monoisotopic (exact) mass is 477 g/mol. The molecule has 4 rings (SSSR count). The zero-order valence-electron chi connectivity index (χ0n) is 20.8. The van der Waals surface area contributed by atoms with Gasteiger partial charge in [-0.05, 0) is 41.0 Å². The van der Waals surface area contributed by atoms with Crippen LogP contribution in [0.5, 0.6) is 11.5 Å². The Labute approximate surface area is 207 Å². The normalized spacial score (nSPS) is 14.9. The maximum absolute atomic E-state index is 13.5. The van der Waals surface area contributed by atoms with E-state index in [1.165, 1.54) is 5.39 Å². The first-order valence-electron chi connectivity index (χ1n) is 12.1. The summed E-state index contributed by atoms with van der Waals surface area (Å²) in [6.07, 6.45) is 0. The fourth-order valence-corrected chi connectivity index (χ4v) is 4.56. The van der Waals surface area contributed by atoms with Crippen molar-refractivity contribution in [3.63, 3.8) is 0 Å². The van der Waals surface area contributed by atoms with Crippen LogP contribution in [-0.4, -0.2) is 69.4 Å². The van der Waals surface area contributed by atoms with E-state index in [-0.39, 0.29) is 12.1 Å². The minimum Gasteiger partial charge on any atom is -0.493 e. The van der Waals surface area contributed by atoms with Crippen LogP contribution in [0.15, 0.2) is 60.7 Å². The quantitative estimate of drug-likeness (QED) is 0.493. The van der Waals surface area contributed by atoms with Gasteiger partial charge in [0, 0.05) is 32.7 Å². The Hall–Kier alpha value is -3.29. The van der Waals surface area contributed by atoms with Gasteiger partial charge < -0.3 is 24.4 Å². The number of ether oxygens (including phenoxy) is 3. The van der Waals surface area contributed by atoms with E-state index in [9.17, 15) is 4.79 Å². The second kappa shape index (κ2) is 11.9. The Kier molecular flexibility index (Phi) is 8.45. The molecule has 1 heterocycles. The van der Waals surface area contributed by atoms with E-state index in [1.54, 1.807) is 14.2 Å². The topological polar surface area (TPSA) is 63.3 Å². The van der Waals surface area contributed by atoms with Gasteiger partial charge in [-0.2, -0.15) is 0 Å². The molecule has 0 aliphatic carbocycles. The van der Waals surface area contributed by atoms with Crippen LogP contribution < -0.4 is 14.8 Å². The van der Waals surface area contributed by atoms with Crippen molar-refractivity contribution in [2.24, 2.45) is 0 Å². The molecule has 1 saturated heterocycles. The lowest BCUT2D eigenvalue weighted by molar-refractivity contribution is 0.0335. The third-order valence-corrected chi connectivity index (χ3v) is 6.69. The molecular weight excluding hydrogens is 442 g/mol. The van der Waals surface area contributed by atoms with Crippen LogP contribution in [0.4, 0.5) is 4.79 Å². The molecule has 0 saturated carbocycles. The first-order chi connectivity index (χ1) is 17.1. The first-order valence-corrected chi connectivity index (χ1v) is 12.1. The van der Waals surface area contributed by atoms with Crippen molar-refractivity contribution in [3.8, 4) is 11.5 Å². The highest BCUT2D eigenvalue weighted by molar-refractivity contribution is 5.86. The van der Waals surface area contributed by atoms with Gasteiger partial charge in [0.05, 0.1) is 33.5 Å². The summed E-state index contributed by atoms with van der Waals surface area (Å²) < 4.78 is 16.4. The van der Waals surface area contributed by atoms with E-state index in [0.29, 0.717) is 24.6 Å². The van der Waals surface area contributed by atoms with Crippen molar-refractivity contribution < 1.29 is 19.0 Å². The molecule has 1 unspecified atom stereocenters. The third-order valence-electron chi connectivity index (χ3n) is 6.69. The molecule has 1 fully saturated rings. The number of hydrogen-bond acceptors (Lipinski definition) is 5. The van der Waals surface area contributed by atoms with Gasteiger partial charge in [-0.25, -0.2) is 4.79 Å². The number of carbonyl (C=O) groups excluding carboxylic acids is 1. The average Bonchev–Trinajstić information content (AvgIpc) is 2.92. The molecular formula is C28H35N3O4. The summed E-state index contributed by atoms with van der Waals surface area (Å²) in [4.78, 5) is 17.8. The molecule has 186 valence electrons. The van der Waals surface area contributed by atoms with Gasteiger partial charge in [-0.3, -0.25) is 4.90 Å². The number of rotatable bonds is 9. The van der Waals surface area contributed by atoms with Crippen LogP contribution in [0, 0.1) is 0 Å². The van der Waals surface area contributed by atoms with Crippen molar-refractivity contribution in [2.45, 2.75) is 19.5 Å². The van der Waals surface area contributed by atoms with Gasteiger partial charge in [0.15, 0.2) is 11.5 Å². The van der Waals surface area contributed by atoms with Crippen LogP contribution in [0.3, 0.4) is 0 Å². The van der Waals surface area contributed by atoms with Crippen LogP contribution in [0.25, 0.3) is 10.8 Å². The summed E-state index contributed by atoms with van der Waals surface area (Å²) in [6.45, 7) is 7.16. The Morgan fingerprint density at radius 3 is 2.54 bits per heavy atom. The molecule has 0 bridgehead atoms. The second-order valence-electron chi connectivity index (χ2n) is 8.73. The predicted molar refractivity (Wildman–Crippen MR) is 138 cm³/mol. The Balaban J connectivity index is 1.52. The van der Waals surface area contributed by atoms with Gasteiger partial charge in [-0.15, -0.1) is 0 Å². The zero-order valence-corrected chi connectivity index (χ0v) is 20.8. The van der Waals surface area contributed by atoms with Gasteiger partial charge in [0.2, 0.25) is 0 Å². The molecule has 1 aliphatic rings. The van der Waals surface area contributed by atoms with E-state index in [2.05, 4.69) is 41.4 Å². The molecule has 1 N–H and O–H groups in total. The van der Waals surface area contributed by atoms with Crippen molar-refractivity contribution in [3.05, 3.63) is 71.8 Å². The molecule has 0 spiro atoms. The number of carbonyl (C=O) groups is 1. The number of amides is 2. The molecule has 0 aromatic heterocycles. The van der Waals surface area contributed by atoms with Crippen molar-refractivity contribution in [1.82, 2.24) is 15.1 Å². The lowest BCUT2D eigenvalue weighted by atomic mass is 10.0. The summed E-state index contributed by atoms with van der Waals surface area (Å²) in [7, 11) is 3.25. The van der Waals surface area contributed by atoms with Gasteiger partial charge >= 0.3 is 6.03 Å². The number of fused-ring (bicyclic) bond motifs is 1. The van der Waals surface area contributed by atoms with E-state index < -0.39 is 0 Å². The van der Waals surface area contributed by atoms with E-state index in [4.69, 9.17) is 14.2 Å². The lowest BCUT2D eigenvalue weighted by Crippen LogP contribution is -2.46. The molecule has 1 atom stereocenters. The molecule has 7 nitrogen and oxygen atoms in total. The fraction of sp³-hybridized carbons (Fsp3) is 0.393. The van der Waals surface area contributed by atoms with Crippen LogP contribution in [-0.2, 0) is 11.3 Å². The molecule has 1 aliphatic heterocycles. The molecule has 7 heteroatoms. The predicted octanol–water partition coefficient (Wildman–Crippen LogP) is 4.46. The SMILES string of the molecule is COc1ccc(C(C)N(CCN2CCOCC2)C(=O)NCc2cccc3ccccc23)cc1OC. The minimum absolute atomic E-state index is 0.0894. The first kappa shape index (κ1) is 24.8. The summed E-state index contributed by atoms with van der Waals surface area (Å²) >= 11 is 0. The third kappa shape index (κ3) is 6.05. The van der Waals surface area contributed by atoms with Crippen molar-refractivity contribution in [2.75, 3.05) is 53.6 Å². The number of urea groups is 1. The number of methoxy groups -OCH3 is 2. The summed E-state index contributed by atoms with van der Waals surface area (Å²) in [6, 6.07) is 20.0. The second-order valence-corrected chi connectivity index (χ2v) is 8.73. The van der Waals surface area contributed by atoms with E-state index >= 15 is 0 Å². The highest BCUT2D eigenvalue weighted by Gasteiger charge is 2.24. The molecule has 0 radical (unpaired) electrons. The number of benzene rings is 3. The van der Waals surface area contributed by atoms with Crippen molar-refractivity contribution in [1.29, 1.82) is 0 Å². The number of nitrogens with zero attached hydrogens (tertiary/aromatic N) is 2. The van der Waals surface area contributed by atoms with E-state index in [1.807, 2.05) is 41.3 Å².